The molecule has 18 nitrogen and oxygen atoms in total. The molecule has 0 aliphatic carbocycles. The van der Waals surface area contributed by atoms with Gasteiger partial charge in [-0.1, -0.05) is 26.8 Å². The van der Waals surface area contributed by atoms with Gasteiger partial charge in [-0.25, -0.2) is 10.4 Å². The van der Waals surface area contributed by atoms with Gasteiger partial charge >= 0.3 is 5.97 Å². The zero-order chi connectivity index (χ0) is 51.6. The molecule has 75 heavy (non-hydrogen) atoms. The molecule has 7 atom stereocenters. The molecule has 8 aliphatic rings. The van der Waals surface area contributed by atoms with Crippen LogP contribution in [0.1, 0.15) is 99.7 Å². The Kier molecular flexibility index (Phi) is 14.4. The molecule has 1 spiro atoms. The van der Waals surface area contributed by atoms with Gasteiger partial charge in [-0.2, -0.15) is 0 Å². The third-order valence-electron chi connectivity index (χ3n) is 17.3. The predicted molar refractivity (Wildman–Crippen MR) is 280 cm³/mol. The van der Waals surface area contributed by atoms with Crippen molar-refractivity contribution in [3.05, 3.63) is 57.7 Å². The van der Waals surface area contributed by atoms with Crippen molar-refractivity contribution in [2.45, 2.75) is 121 Å². The number of methoxy groups -OCH3 is 1. The lowest BCUT2D eigenvalue weighted by Gasteiger charge is -2.58. The molecule has 12 rings (SSSR count). The number of thiazole rings is 1. The second-order valence-electron chi connectivity index (χ2n) is 23.5. The molecule has 7 saturated heterocycles. The SMILES string of the molecule is CO[C@@H](C)c1ncc([C@H]2CCN(C3COC3)C2)cc1-c1c2c3cc(ccc3n1CCOC1CCOCC1)-c1csc(n1)[C@@H](N1CC3(COC3)C1)[C@H](NC(=O)[C@@H]1OC[C@@H]1C)C(=O)N1CCC[C@H](N1)C(=O)OCC(C)(C)C2. The van der Waals surface area contributed by atoms with Gasteiger partial charge < -0.3 is 43.0 Å². The van der Waals surface area contributed by atoms with Crippen molar-refractivity contribution in [3.63, 3.8) is 0 Å². The van der Waals surface area contributed by atoms with E-state index in [0.717, 1.165) is 95.2 Å². The van der Waals surface area contributed by atoms with E-state index < -0.39 is 35.6 Å². The molecule has 7 fully saturated rings. The molecular formula is C56H74N8O10S. The predicted octanol–water partition coefficient (Wildman–Crippen LogP) is 5.43. The van der Waals surface area contributed by atoms with Crippen LogP contribution >= 0.6 is 11.3 Å². The van der Waals surface area contributed by atoms with E-state index >= 15 is 4.79 Å². The minimum absolute atomic E-state index is 0.00231. The molecule has 0 unspecified atom stereocenters. The summed E-state index contributed by atoms with van der Waals surface area (Å²) in [6.45, 7) is 18.0. The van der Waals surface area contributed by atoms with Gasteiger partial charge in [0.15, 0.2) is 0 Å². The van der Waals surface area contributed by atoms with Crippen LogP contribution in [-0.2, 0) is 60.5 Å². The summed E-state index contributed by atoms with van der Waals surface area (Å²) < 4.78 is 44.3. The van der Waals surface area contributed by atoms with Crippen LogP contribution in [0.5, 0.6) is 0 Å². The van der Waals surface area contributed by atoms with Crippen molar-refractivity contribution in [2.75, 3.05) is 99.3 Å². The maximum absolute atomic E-state index is 15.2. The highest BCUT2D eigenvalue weighted by Crippen LogP contribution is 2.47. The minimum Gasteiger partial charge on any atom is -0.464 e. The molecule has 0 radical (unpaired) electrons. The Morgan fingerprint density at radius 1 is 1.00 bits per heavy atom. The molecule has 1 aromatic carbocycles. The summed E-state index contributed by atoms with van der Waals surface area (Å²) in [6, 6.07) is 7.06. The lowest BCUT2D eigenvalue weighted by atomic mass is 9.76. The summed E-state index contributed by atoms with van der Waals surface area (Å²) >= 11 is 1.50. The standard InChI is InChI=1S/C56H74N8O10S/c1-33-24-73-50(33)51(65)59-47-49(62-28-56(29-62)31-71-32-56)52-58-44(27-75-52)35-8-9-45-40(19-35)42(21-55(3,4)30-74-54(67)43-7-6-13-64(60-43)53(47)66)48(63(45)15-18-72-39-11-16-69-17-12-39)41-20-37(22-57-46(41)34(2)68-5)36-10-14-61(23-36)38-25-70-26-38/h8-9,19-20,22,27,33-34,36,38-39,43,47,49-50,60H,6-7,10-18,21,23-26,28-32H2,1-5H3,(H,59,65)/t33-,34-,36-,43-,47-,49-,50+/m0/s1. The smallest absolute Gasteiger partial charge is 0.324 e. The van der Waals surface area contributed by atoms with Crippen LogP contribution < -0.4 is 10.7 Å². The van der Waals surface area contributed by atoms with E-state index in [2.05, 4.69) is 81.7 Å². The van der Waals surface area contributed by atoms with Crippen molar-refractivity contribution in [1.82, 2.24) is 40.1 Å². The summed E-state index contributed by atoms with van der Waals surface area (Å²) in [5, 5.41) is 8.57. The topological polar surface area (TPSA) is 180 Å². The van der Waals surface area contributed by atoms with Crippen molar-refractivity contribution in [2.24, 2.45) is 16.7 Å². The molecule has 6 bridgehead atoms. The zero-order valence-electron chi connectivity index (χ0n) is 44.2. The summed E-state index contributed by atoms with van der Waals surface area (Å²) in [4.78, 5) is 59.2. The Bertz CT molecular complexity index is 2760. The Labute approximate surface area is 443 Å². The van der Waals surface area contributed by atoms with Gasteiger partial charge in [-0.3, -0.25) is 34.2 Å². The van der Waals surface area contributed by atoms with Gasteiger partial charge in [-0.05, 0) is 87.2 Å². The Balaban J connectivity index is 1.00. The van der Waals surface area contributed by atoms with Crippen LogP contribution in [0.4, 0.5) is 0 Å². The lowest BCUT2D eigenvalue weighted by molar-refractivity contribution is -0.203. The number of carbonyl (C=O) groups is 3. The molecule has 2 amide bonds. The fraction of sp³-hybridized carbons (Fsp3) is 0.661. The number of ether oxygens (including phenoxy) is 7. The van der Waals surface area contributed by atoms with E-state index in [1.807, 2.05) is 6.92 Å². The first-order valence-corrected chi connectivity index (χ1v) is 28.4. The minimum atomic E-state index is -1.03. The van der Waals surface area contributed by atoms with E-state index in [4.69, 9.17) is 43.1 Å². The van der Waals surface area contributed by atoms with Crippen LogP contribution in [-0.4, -0.2) is 177 Å². The van der Waals surface area contributed by atoms with Crippen LogP contribution in [0.25, 0.3) is 33.4 Å². The number of cyclic esters (lactones) is 1. The first-order valence-electron chi connectivity index (χ1n) is 27.5. The zero-order valence-corrected chi connectivity index (χ0v) is 45.0. The maximum Gasteiger partial charge on any atom is 0.324 e. The number of benzene rings is 1. The van der Waals surface area contributed by atoms with E-state index in [0.29, 0.717) is 97.0 Å². The summed E-state index contributed by atoms with van der Waals surface area (Å²) in [7, 11) is 1.74. The molecule has 3 aromatic heterocycles. The molecular weight excluding hydrogens is 977 g/mol. The maximum atomic E-state index is 15.2. The molecule has 19 heteroatoms. The number of fused-ring (bicyclic) bond motifs is 6. The van der Waals surface area contributed by atoms with E-state index in [9.17, 15) is 9.59 Å². The highest BCUT2D eigenvalue weighted by atomic mass is 32.1. The number of nitrogens with zero attached hydrogens (tertiary/aromatic N) is 6. The van der Waals surface area contributed by atoms with Crippen LogP contribution in [0.3, 0.4) is 0 Å². The first-order chi connectivity index (χ1) is 36.3. The molecule has 11 heterocycles. The number of amides is 2. The number of rotatable bonds is 12. The van der Waals surface area contributed by atoms with Gasteiger partial charge in [0.1, 0.15) is 23.2 Å². The second-order valence-corrected chi connectivity index (χ2v) is 24.4. The Morgan fingerprint density at radius 2 is 1.83 bits per heavy atom. The van der Waals surface area contributed by atoms with Crippen molar-refractivity contribution in [3.8, 4) is 22.5 Å². The number of likely N-dealkylation sites (tertiary alicyclic amines) is 2. The summed E-state index contributed by atoms with van der Waals surface area (Å²) in [5.41, 5.74) is 10.7. The lowest BCUT2D eigenvalue weighted by Crippen LogP contribution is -2.70. The average molecular weight is 1050 g/mol. The third-order valence-corrected chi connectivity index (χ3v) is 18.2. The van der Waals surface area contributed by atoms with Crippen molar-refractivity contribution in [1.29, 1.82) is 0 Å². The largest absolute Gasteiger partial charge is 0.464 e. The van der Waals surface area contributed by atoms with Gasteiger partial charge in [0.05, 0.1) is 87.6 Å². The van der Waals surface area contributed by atoms with Gasteiger partial charge in [-0.15, -0.1) is 11.3 Å². The number of hydrogen-bond acceptors (Lipinski definition) is 16. The second kappa shape index (κ2) is 21.1. The third kappa shape index (κ3) is 10.1. The fourth-order valence-electron chi connectivity index (χ4n) is 12.7. The Hall–Kier alpha value is -4.41. The quantitative estimate of drug-likeness (QED) is 0.172. The summed E-state index contributed by atoms with van der Waals surface area (Å²) in [5.74, 6) is -0.762. The number of nitrogens with one attached hydrogen (secondary N) is 2. The molecule has 2 N–H and O–H groups in total. The molecule has 8 aliphatic heterocycles. The monoisotopic (exact) mass is 1050 g/mol. The van der Waals surface area contributed by atoms with E-state index in [1.54, 1.807) is 7.11 Å². The first kappa shape index (κ1) is 51.4. The number of pyridine rings is 1. The van der Waals surface area contributed by atoms with Gasteiger partial charge in [0.2, 0.25) is 5.91 Å². The van der Waals surface area contributed by atoms with Crippen molar-refractivity contribution < 1.29 is 47.5 Å². The normalized spacial score (nSPS) is 29.0. The average Bonchev–Trinajstić information content (AvgIpc) is 4.20. The fourth-order valence-corrected chi connectivity index (χ4v) is 13.7. The van der Waals surface area contributed by atoms with E-state index in [-0.39, 0.29) is 42.0 Å². The number of aromatic nitrogens is 3. The van der Waals surface area contributed by atoms with Crippen LogP contribution in [0, 0.1) is 16.7 Å². The summed E-state index contributed by atoms with van der Waals surface area (Å²) in [6.07, 6.45) is 5.61. The number of hydrogen-bond donors (Lipinski definition) is 2. The number of carbonyl (C=O) groups excluding carboxylic acids is 3. The number of hydrazine groups is 1. The Morgan fingerprint density at radius 3 is 2.55 bits per heavy atom. The molecule has 4 aromatic rings. The van der Waals surface area contributed by atoms with Crippen molar-refractivity contribution >= 4 is 40.0 Å². The van der Waals surface area contributed by atoms with E-state index in [1.165, 1.54) is 21.9 Å². The van der Waals surface area contributed by atoms with Crippen LogP contribution in [0.2, 0.25) is 0 Å². The molecule has 0 saturated carbocycles. The highest BCUT2D eigenvalue weighted by molar-refractivity contribution is 7.10. The van der Waals surface area contributed by atoms with Crippen LogP contribution in [0.15, 0.2) is 35.8 Å². The number of esters is 1. The van der Waals surface area contributed by atoms with Gasteiger partial charge in [0.25, 0.3) is 5.91 Å². The highest BCUT2D eigenvalue weighted by Gasteiger charge is 2.55. The van der Waals surface area contributed by atoms with Gasteiger partial charge in [0, 0.05) is 103 Å². The molecule has 404 valence electrons.